The minimum Gasteiger partial charge on any atom is -0.457 e. The van der Waals surface area contributed by atoms with Crippen molar-refractivity contribution in [1.29, 1.82) is 0 Å². The number of carbonyl (C=O) groups is 1. The maximum absolute atomic E-state index is 11.9. The molecule has 28 heavy (non-hydrogen) atoms. The molecule has 2 amide bonds. The predicted octanol–water partition coefficient (Wildman–Crippen LogP) is 4.41. The van der Waals surface area contributed by atoms with Crippen molar-refractivity contribution < 1.29 is 9.21 Å². The summed E-state index contributed by atoms with van der Waals surface area (Å²) in [6, 6.07) is 21.0. The maximum Gasteiger partial charge on any atom is 0.315 e. The molecule has 0 spiro atoms. The van der Waals surface area contributed by atoms with E-state index in [9.17, 15) is 4.79 Å². The summed E-state index contributed by atoms with van der Waals surface area (Å²) in [4.78, 5) is 16.5. The average molecular weight is 387 g/mol. The number of para-hydroxylation sites is 1. The van der Waals surface area contributed by atoms with E-state index in [1.165, 1.54) is 0 Å². The van der Waals surface area contributed by atoms with Gasteiger partial charge in [-0.1, -0.05) is 42.2 Å². The van der Waals surface area contributed by atoms with Crippen LogP contribution in [0, 0.1) is 11.8 Å². The van der Waals surface area contributed by atoms with Crippen molar-refractivity contribution >= 4 is 27.6 Å². The molecule has 2 heterocycles. The zero-order valence-electron chi connectivity index (χ0n) is 14.9. The molecule has 0 saturated carbocycles. The molecule has 138 valence electrons. The molecule has 0 unspecified atom stereocenters. The monoisotopic (exact) mass is 387 g/mol. The number of hydrogen-bond acceptors (Lipinski definition) is 4. The van der Waals surface area contributed by atoms with E-state index >= 15 is 0 Å². The van der Waals surface area contributed by atoms with Crippen LogP contribution in [0.2, 0.25) is 0 Å². The number of aromatic nitrogens is 1. The molecule has 4 rings (SSSR count). The number of furan rings is 1. The smallest absolute Gasteiger partial charge is 0.315 e. The Kier molecular flexibility index (Phi) is 5.36. The molecule has 0 radical (unpaired) electrons. The molecule has 0 aliphatic heterocycles. The number of hydrogen-bond donors (Lipinski definition) is 2. The molecular formula is C22H17N3O2S. The first-order valence-corrected chi connectivity index (χ1v) is 9.60. The van der Waals surface area contributed by atoms with Gasteiger partial charge < -0.3 is 15.1 Å². The molecule has 4 aromatic rings. The molecule has 0 fully saturated rings. The molecule has 2 aromatic carbocycles. The van der Waals surface area contributed by atoms with Crippen LogP contribution in [0.4, 0.5) is 4.79 Å². The van der Waals surface area contributed by atoms with Gasteiger partial charge in [-0.2, -0.15) is 0 Å². The van der Waals surface area contributed by atoms with Gasteiger partial charge in [-0.25, -0.2) is 9.78 Å². The van der Waals surface area contributed by atoms with Crippen LogP contribution in [0.3, 0.4) is 0 Å². The quantitative estimate of drug-likeness (QED) is 0.510. The van der Waals surface area contributed by atoms with Crippen molar-refractivity contribution in [2.75, 3.05) is 6.54 Å². The van der Waals surface area contributed by atoms with E-state index in [0.717, 1.165) is 20.8 Å². The zero-order valence-corrected chi connectivity index (χ0v) is 15.8. The third-order valence-corrected chi connectivity index (χ3v) is 4.98. The van der Waals surface area contributed by atoms with Crippen LogP contribution >= 0.6 is 11.3 Å². The summed E-state index contributed by atoms with van der Waals surface area (Å²) < 4.78 is 6.93. The van der Waals surface area contributed by atoms with Gasteiger partial charge in [-0.05, 0) is 36.4 Å². The third kappa shape index (κ3) is 4.40. The summed E-state index contributed by atoms with van der Waals surface area (Å²) in [6.45, 7) is 0.568. The molecule has 6 heteroatoms. The minimum atomic E-state index is -0.291. The largest absolute Gasteiger partial charge is 0.457 e. The number of benzene rings is 2. The number of nitrogens with one attached hydrogen (secondary N) is 2. The molecule has 0 aliphatic carbocycles. The Balaban J connectivity index is 1.28. The molecule has 0 aliphatic rings. The van der Waals surface area contributed by atoms with Gasteiger partial charge in [-0.3, -0.25) is 0 Å². The van der Waals surface area contributed by atoms with Crippen molar-refractivity contribution in [2.45, 2.75) is 6.54 Å². The molecule has 0 saturated heterocycles. The highest BCUT2D eigenvalue weighted by molar-refractivity contribution is 7.21. The Morgan fingerprint density at radius 3 is 2.68 bits per heavy atom. The second-order valence-electron chi connectivity index (χ2n) is 5.96. The standard InChI is InChI=1S/C22H17N3O2S/c26-22(23-14-6-9-16-7-2-1-3-8-16)24-15-17-12-13-19(27-17)21-25-18-10-4-5-11-20(18)28-21/h1-5,7-8,10-13H,14-15H2,(H2,23,24,26). The van der Waals surface area contributed by atoms with Gasteiger partial charge in [0.15, 0.2) is 10.8 Å². The lowest BCUT2D eigenvalue weighted by Crippen LogP contribution is -2.35. The van der Waals surface area contributed by atoms with Crippen molar-refractivity contribution in [3.8, 4) is 22.6 Å². The lowest BCUT2D eigenvalue weighted by atomic mass is 10.2. The highest BCUT2D eigenvalue weighted by Gasteiger charge is 2.10. The van der Waals surface area contributed by atoms with Crippen molar-refractivity contribution in [2.24, 2.45) is 0 Å². The third-order valence-electron chi connectivity index (χ3n) is 3.93. The van der Waals surface area contributed by atoms with Crippen LogP contribution < -0.4 is 10.6 Å². The van der Waals surface area contributed by atoms with Gasteiger partial charge in [0.05, 0.1) is 23.3 Å². The van der Waals surface area contributed by atoms with Crippen molar-refractivity contribution in [3.05, 3.63) is 78.1 Å². The Morgan fingerprint density at radius 1 is 1.00 bits per heavy atom. The number of fused-ring (bicyclic) bond motifs is 1. The number of nitrogens with zero attached hydrogens (tertiary/aromatic N) is 1. The van der Waals surface area contributed by atoms with E-state index in [0.29, 0.717) is 18.1 Å². The Morgan fingerprint density at radius 2 is 1.82 bits per heavy atom. The molecule has 0 atom stereocenters. The highest BCUT2D eigenvalue weighted by atomic mass is 32.1. The topological polar surface area (TPSA) is 67.2 Å². The second-order valence-corrected chi connectivity index (χ2v) is 6.99. The van der Waals surface area contributed by atoms with Gasteiger partial charge in [0, 0.05) is 5.56 Å². The second kappa shape index (κ2) is 8.42. The zero-order chi connectivity index (χ0) is 19.2. The first-order valence-electron chi connectivity index (χ1n) is 8.78. The molecular weight excluding hydrogens is 370 g/mol. The first kappa shape index (κ1) is 17.8. The van der Waals surface area contributed by atoms with Crippen LogP contribution in [-0.4, -0.2) is 17.6 Å². The average Bonchev–Trinajstić information content (AvgIpc) is 3.37. The highest BCUT2D eigenvalue weighted by Crippen LogP contribution is 2.30. The van der Waals surface area contributed by atoms with Crippen LogP contribution in [0.1, 0.15) is 11.3 Å². The van der Waals surface area contributed by atoms with Crippen molar-refractivity contribution in [1.82, 2.24) is 15.6 Å². The van der Waals surface area contributed by atoms with E-state index < -0.39 is 0 Å². The lowest BCUT2D eigenvalue weighted by Gasteiger charge is -2.03. The molecule has 5 nitrogen and oxygen atoms in total. The van der Waals surface area contributed by atoms with Crippen LogP contribution in [0.25, 0.3) is 21.0 Å². The Labute approximate surface area is 166 Å². The maximum atomic E-state index is 11.9. The van der Waals surface area contributed by atoms with E-state index in [1.54, 1.807) is 11.3 Å². The van der Waals surface area contributed by atoms with Gasteiger partial charge >= 0.3 is 6.03 Å². The van der Waals surface area contributed by atoms with E-state index in [-0.39, 0.29) is 12.6 Å². The fraction of sp³-hybridized carbons (Fsp3) is 0.0909. The molecule has 2 aromatic heterocycles. The summed E-state index contributed by atoms with van der Waals surface area (Å²) in [6.07, 6.45) is 0. The van der Waals surface area contributed by atoms with Crippen LogP contribution in [-0.2, 0) is 6.54 Å². The summed E-state index contributed by atoms with van der Waals surface area (Å²) >= 11 is 1.58. The van der Waals surface area contributed by atoms with Gasteiger partial charge in [0.25, 0.3) is 0 Å². The van der Waals surface area contributed by atoms with E-state index in [2.05, 4.69) is 27.5 Å². The molecule has 2 N–H and O–H groups in total. The fourth-order valence-electron chi connectivity index (χ4n) is 2.59. The Bertz CT molecular complexity index is 1120. The summed E-state index contributed by atoms with van der Waals surface area (Å²) in [5.41, 5.74) is 1.87. The summed E-state index contributed by atoms with van der Waals surface area (Å²) in [5, 5.41) is 6.29. The number of thiazole rings is 1. The SMILES string of the molecule is O=C(NCC#Cc1ccccc1)NCc1ccc(-c2nc3ccccc3s2)o1. The fourth-order valence-corrected chi connectivity index (χ4v) is 3.52. The first-order chi connectivity index (χ1) is 13.8. The van der Waals surface area contributed by atoms with Gasteiger partial charge in [0.2, 0.25) is 0 Å². The van der Waals surface area contributed by atoms with E-state index in [1.807, 2.05) is 66.7 Å². The van der Waals surface area contributed by atoms with Gasteiger partial charge in [0.1, 0.15) is 5.76 Å². The minimum absolute atomic E-state index is 0.274. The van der Waals surface area contributed by atoms with Crippen LogP contribution in [0.5, 0.6) is 0 Å². The number of rotatable bonds is 4. The number of urea groups is 1. The van der Waals surface area contributed by atoms with E-state index in [4.69, 9.17) is 4.42 Å². The predicted molar refractivity (Wildman–Crippen MR) is 111 cm³/mol. The number of carbonyl (C=O) groups excluding carboxylic acids is 1. The van der Waals surface area contributed by atoms with Gasteiger partial charge in [-0.15, -0.1) is 11.3 Å². The van der Waals surface area contributed by atoms with Crippen molar-refractivity contribution in [3.63, 3.8) is 0 Å². The normalized spacial score (nSPS) is 10.3. The summed E-state index contributed by atoms with van der Waals surface area (Å²) in [5.74, 6) is 7.27. The summed E-state index contributed by atoms with van der Waals surface area (Å²) in [7, 11) is 0. The van der Waals surface area contributed by atoms with Crippen LogP contribution in [0.15, 0.2) is 71.1 Å². The lowest BCUT2D eigenvalue weighted by molar-refractivity contribution is 0.240. The number of amides is 2. The molecule has 0 bridgehead atoms. The Hall–Kier alpha value is -3.56.